The molecular weight excluding hydrogens is 300 g/mol. The Bertz CT molecular complexity index is 723. The molecule has 0 atom stereocenters. The molecule has 0 fully saturated rings. The number of aromatic carboxylic acids is 1. The fraction of sp³-hybridized carbons (Fsp3) is 0.176. The van der Waals surface area contributed by atoms with Crippen LogP contribution < -0.4 is 9.47 Å². The predicted molar refractivity (Wildman–Crippen MR) is 82.0 cm³/mol. The van der Waals surface area contributed by atoms with Gasteiger partial charge in [-0.2, -0.15) is 0 Å². The van der Waals surface area contributed by atoms with E-state index >= 15 is 0 Å². The lowest BCUT2D eigenvalue weighted by Gasteiger charge is -2.11. The van der Waals surface area contributed by atoms with E-state index in [0.717, 1.165) is 11.1 Å². The molecule has 0 aliphatic rings. The average Bonchev–Trinajstić information content (AvgIpc) is 2.52. The number of aryl methyl sites for hydroxylation is 1. The van der Waals surface area contributed by atoms with Gasteiger partial charge in [-0.15, -0.1) is 0 Å². The minimum Gasteiger partial charge on any atom is -0.489 e. The van der Waals surface area contributed by atoms with E-state index in [-0.39, 0.29) is 17.9 Å². The van der Waals surface area contributed by atoms with Gasteiger partial charge in [0.25, 0.3) is 0 Å². The second-order valence-corrected chi connectivity index (χ2v) is 4.90. The molecule has 2 aromatic carbocycles. The first-order valence-corrected chi connectivity index (χ1v) is 6.86. The maximum Gasteiger partial charge on any atom is 0.341 e. The van der Waals surface area contributed by atoms with Crippen LogP contribution in [0.3, 0.4) is 0 Å². The summed E-state index contributed by atoms with van der Waals surface area (Å²) < 4.78 is 10.7. The van der Waals surface area contributed by atoms with Crippen molar-refractivity contribution in [1.82, 2.24) is 0 Å². The SMILES string of the molecule is Cc1ccccc1COc1cc(OCC(=O)O)cc(C(=O)O)c1. The zero-order valence-electron chi connectivity index (χ0n) is 12.5. The minimum atomic E-state index is -1.15. The number of carbonyl (C=O) groups is 2. The average molecular weight is 316 g/mol. The number of carboxylic acid groups (broad SMARTS) is 2. The van der Waals surface area contributed by atoms with Gasteiger partial charge in [0.1, 0.15) is 18.1 Å². The number of benzene rings is 2. The molecule has 0 aliphatic heterocycles. The normalized spacial score (nSPS) is 10.1. The van der Waals surface area contributed by atoms with Crippen LogP contribution >= 0.6 is 0 Å². The molecule has 23 heavy (non-hydrogen) atoms. The van der Waals surface area contributed by atoms with E-state index in [2.05, 4.69) is 0 Å². The van der Waals surface area contributed by atoms with Gasteiger partial charge in [0, 0.05) is 6.07 Å². The number of hydrogen-bond acceptors (Lipinski definition) is 4. The Morgan fingerprint density at radius 2 is 1.65 bits per heavy atom. The zero-order chi connectivity index (χ0) is 16.8. The van der Waals surface area contributed by atoms with E-state index in [1.165, 1.54) is 18.2 Å². The molecule has 0 radical (unpaired) electrons. The third-order valence-electron chi connectivity index (χ3n) is 3.14. The Balaban J connectivity index is 2.18. The van der Waals surface area contributed by atoms with E-state index < -0.39 is 18.5 Å². The number of hydrogen-bond donors (Lipinski definition) is 2. The molecule has 6 heteroatoms. The molecule has 0 spiro atoms. The summed E-state index contributed by atoms with van der Waals surface area (Å²) in [5, 5.41) is 17.7. The van der Waals surface area contributed by atoms with Crippen LogP contribution in [0.4, 0.5) is 0 Å². The molecule has 0 bridgehead atoms. The Morgan fingerprint density at radius 3 is 2.26 bits per heavy atom. The monoisotopic (exact) mass is 316 g/mol. The van der Waals surface area contributed by atoms with Crippen LogP contribution in [0.25, 0.3) is 0 Å². The van der Waals surface area contributed by atoms with Gasteiger partial charge in [-0.3, -0.25) is 0 Å². The first-order valence-electron chi connectivity index (χ1n) is 6.86. The molecular formula is C17H16O6. The highest BCUT2D eigenvalue weighted by atomic mass is 16.5. The largest absolute Gasteiger partial charge is 0.489 e. The van der Waals surface area contributed by atoms with Crippen LogP contribution in [0.5, 0.6) is 11.5 Å². The first kappa shape index (κ1) is 16.4. The third kappa shape index (κ3) is 4.74. The molecule has 2 aromatic rings. The van der Waals surface area contributed by atoms with Crippen LogP contribution in [-0.2, 0) is 11.4 Å². The van der Waals surface area contributed by atoms with Crippen molar-refractivity contribution in [2.45, 2.75) is 13.5 Å². The van der Waals surface area contributed by atoms with Crippen molar-refractivity contribution in [3.05, 3.63) is 59.2 Å². The number of ether oxygens (including phenoxy) is 2. The Morgan fingerprint density at radius 1 is 1.00 bits per heavy atom. The highest BCUT2D eigenvalue weighted by molar-refractivity contribution is 5.88. The molecule has 2 rings (SSSR count). The standard InChI is InChI=1S/C17H16O6/c1-11-4-2-3-5-12(11)9-22-14-6-13(17(20)21)7-15(8-14)23-10-16(18)19/h2-8H,9-10H2,1H3,(H,18,19)(H,20,21). The number of carboxylic acids is 2. The predicted octanol–water partition coefficient (Wildman–Crippen LogP) is 2.74. The van der Waals surface area contributed by atoms with E-state index in [4.69, 9.17) is 19.7 Å². The fourth-order valence-corrected chi connectivity index (χ4v) is 1.94. The molecule has 0 heterocycles. The summed E-state index contributed by atoms with van der Waals surface area (Å²) in [4.78, 5) is 21.7. The molecule has 0 saturated heterocycles. The van der Waals surface area contributed by atoms with Crippen molar-refractivity contribution >= 4 is 11.9 Å². The molecule has 2 N–H and O–H groups in total. The van der Waals surface area contributed by atoms with E-state index in [1.54, 1.807) is 0 Å². The lowest BCUT2D eigenvalue weighted by atomic mass is 10.1. The summed E-state index contributed by atoms with van der Waals surface area (Å²) in [7, 11) is 0. The molecule has 0 saturated carbocycles. The summed E-state index contributed by atoms with van der Waals surface area (Å²) in [6.45, 7) is 1.67. The topological polar surface area (TPSA) is 93.1 Å². The number of aliphatic carboxylic acids is 1. The fourth-order valence-electron chi connectivity index (χ4n) is 1.94. The van der Waals surface area contributed by atoms with E-state index in [1.807, 2.05) is 31.2 Å². The maximum atomic E-state index is 11.1. The lowest BCUT2D eigenvalue weighted by Crippen LogP contribution is -2.10. The van der Waals surface area contributed by atoms with Gasteiger partial charge in [0.05, 0.1) is 5.56 Å². The van der Waals surface area contributed by atoms with Gasteiger partial charge < -0.3 is 19.7 Å². The van der Waals surface area contributed by atoms with E-state index in [9.17, 15) is 9.59 Å². The molecule has 120 valence electrons. The zero-order valence-corrected chi connectivity index (χ0v) is 12.5. The Kier molecular flexibility index (Phi) is 5.19. The summed E-state index contributed by atoms with van der Waals surface area (Å²) >= 11 is 0. The highest BCUT2D eigenvalue weighted by Crippen LogP contribution is 2.24. The van der Waals surface area contributed by atoms with Crippen molar-refractivity contribution in [3.63, 3.8) is 0 Å². The minimum absolute atomic E-state index is 0.0346. The van der Waals surface area contributed by atoms with Gasteiger partial charge in [0.2, 0.25) is 0 Å². The summed E-state index contributed by atoms with van der Waals surface area (Å²) in [5.41, 5.74) is 2.00. The van der Waals surface area contributed by atoms with Crippen molar-refractivity contribution in [3.8, 4) is 11.5 Å². The van der Waals surface area contributed by atoms with Crippen LogP contribution in [0.15, 0.2) is 42.5 Å². The molecule has 0 aromatic heterocycles. The first-order chi connectivity index (χ1) is 11.0. The molecule has 0 unspecified atom stereocenters. The highest BCUT2D eigenvalue weighted by Gasteiger charge is 2.10. The number of rotatable bonds is 7. The Hall–Kier alpha value is -3.02. The Labute approximate surface area is 132 Å². The summed E-state index contributed by atoms with van der Waals surface area (Å²) in [5.74, 6) is -1.86. The smallest absolute Gasteiger partial charge is 0.341 e. The van der Waals surface area contributed by atoms with Crippen molar-refractivity contribution in [2.24, 2.45) is 0 Å². The van der Waals surface area contributed by atoms with Gasteiger partial charge in [-0.25, -0.2) is 9.59 Å². The van der Waals surface area contributed by atoms with Crippen molar-refractivity contribution in [1.29, 1.82) is 0 Å². The van der Waals surface area contributed by atoms with Gasteiger partial charge in [-0.05, 0) is 30.2 Å². The molecule has 0 amide bonds. The molecule has 0 aliphatic carbocycles. The quantitative estimate of drug-likeness (QED) is 0.816. The third-order valence-corrected chi connectivity index (χ3v) is 3.14. The lowest BCUT2D eigenvalue weighted by molar-refractivity contribution is -0.139. The second kappa shape index (κ2) is 7.31. The van der Waals surface area contributed by atoms with Crippen LogP contribution in [0.2, 0.25) is 0 Å². The van der Waals surface area contributed by atoms with Crippen molar-refractivity contribution < 1.29 is 29.3 Å². The van der Waals surface area contributed by atoms with Crippen LogP contribution in [0.1, 0.15) is 21.5 Å². The molecule has 6 nitrogen and oxygen atoms in total. The summed E-state index contributed by atoms with van der Waals surface area (Å²) in [6, 6.07) is 11.8. The van der Waals surface area contributed by atoms with Gasteiger partial charge in [-0.1, -0.05) is 24.3 Å². The van der Waals surface area contributed by atoms with Gasteiger partial charge in [0.15, 0.2) is 6.61 Å². The second-order valence-electron chi connectivity index (χ2n) is 4.90. The van der Waals surface area contributed by atoms with Crippen LogP contribution in [-0.4, -0.2) is 28.8 Å². The van der Waals surface area contributed by atoms with Crippen LogP contribution in [0, 0.1) is 6.92 Å². The van der Waals surface area contributed by atoms with Crippen molar-refractivity contribution in [2.75, 3.05) is 6.61 Å². The maximum absolute atomic E-state index is 11.1. The van der Waals surface area contributed by atoms with Gasteiger partial charge >= 0.3 is 11.9 Å². The summed E-state index contributed by atoms with van der Waals surface area (Å²) in [6.07, 6.45) is 0. The van der Waals surface area contributed by atoms with E-state index in [0.29, 0.717) is 5.75 Å².